The third-order valence-electron chi connectivity index (χ3n) is 8.54. The summed E-state index contributed by atoms with van der Waals surface area (Å²) in [6, 6.07) is 57.0. The third kappa shape index (κ3) is 3.72. The van der Waals surface area contributed by atoms with Crippen LogP contribution in [0.1, 0.15) is 0 Å². The minimum absolute atomic E-state index is 1.14. The molecule has 202 valence electrons. The molecule has 0 bridgehead atoms. The number of rotatable bonds is 4. The Hall–Kier alpha value is -5.38. The molecule has 0 aliphatic rings. The van der Waals surface area contributed by atoms with E-state index in [9.17, 15) is 0 Å². The predicted molar refractivity (Wildman–Crippen MR) is 186 cm³/mol. The number of benzene rings is 7. The van der Waals surface area contributed by atoms with E-state index in [0.717, 1.165) is 11.4 Å². The number of anilines is 3. The number of aromatic nitrogens is 1. The highest BCUT2D eigenvalue weighted by molar-refractivity contribution is 7.27. The zero-order valence-corrected chi connectivity index (χ0v) is 24.1. The summed E-state index contributed by atoms with van der Waals surface area (Å²) < 4.78 is 5.03. The molecule has 0 N–H and O–H groups in total. The van der Waals surface area contributed by atoms with E-state index in [2.05, 4.69) is 167 Å². The quantitative estimate of drug-likeness (QED) is 0.192. The van der Waals surface area contributed by atoms with Gasteiger partial charge in [-0.25, -0.2) is 0 Å². The molecule has 2 heterocycles. The first-order chi connectivity index (χ1) is 21.3. The maximum Gasteiger partial charge on any atom is 0.0728 e. The molecule has 9 rings (SSSR count). The van der Waals surface area contributed by atoms with E-state index in [0.29, 0.717) is 0 Å². The Kier molecular flexibility index (Phi) is 5.40. The molecule has 2 nitrogen and oxygen atoms in total. The number of para-hydroxylation sites is 3. The maximum atomic E-state index is 2.43. The van der Waals surface area contributed by atoms with Crippen molar-refractivity contribution < 1.29 is 0 Å². The van der Waals surface area contributed by atoms with E-state index in [1.165, 1.54) is 64.1 Å². The van der Waals surface area contributed by atoms with Crippen molar-refractivity contribution in [3.63, 3.8) is 0 Å². The summed E-state index contributed by atoms with van der Waals surface area (Å²) in [6.07, 6.45) is 0. The number of thiophene rings is 1. The lowest BCUT2D eigenvalue weighted by Gasteiger charge is -2.26. The smallest absolute Gasteiger partial charge is 0.0728 e. The van der Waals surface area contributed by atoms with Crippen molar-refractivity contribution in [2.24, 2.45) is 0 Å². The Labute approximate surface area is 253 Å². The molecule has 0 amide bonds. The van der Waals surface area contributed by atoms with E-state index in [1.54, 1.807) is 0 Å². The van der Waals surface area contributed by atoms with Gasteiger partial charge in [0.1, 0.15) is 0 Å². The molecule has 9 aromatic rings. The number of hydrogen-bond donors (Lipinski definition) is 0. The van der Waals surface area contributed by atoms with Gasteiger partial charge in [-0.05, 0) is 70.1 Å². The van der Waals surface area contributed by atoms with Crippen molar-refractivity contribution in [1.29, 1.82) is 0 Å². The monoisotopic (exact) mass is 566 g/mol. The van der Waals surface area contributed by atoms with E-state index >= 15 is 0 Å². The van der Waals surface area contributed by atoms with Crippen molar-refractivity contribution in [2.45, 2.75) is 0 Å². The molecular formula is C40H26N2S. The van der Waals surface area contributed by atoms with Crippen LogP contribution in [-0.2, 0) is 0 Å². The second-order valence-corrected chi connectivity index (χ2v) is 12.0. The Morgan fingerprint density at radius 3 is 1.98 bits per heavy atom. The fraction of sp³-hybridized carbons (Fsp3) is 0. The van der Waals surface area contributed by atoms with Gasteiger partial charge in [0.2, 0.25) is 0 Å². The summed E-state index contributed by atoms with van der Waals surface area (Å²) in [5.74, 6) is 0. The summed E-state index contributed by atoms with van der Waals surface area (Å²) in [7, 11) is 0. The summed E-state index contributed by atoms with van der Waals surface area (Å²) in [5, 5.41) is 7.63. The highest BCUT2D eigenvalue weighted by Gasteiger charge is 2.22. The van der Waals surface area contributed by atoms with E-state index in [-0.39, 0.29) is 0 Å². The van der Waals surface area contributed by atoms with Gasteiger partial charge >= 0.3 is 0 Å². The molecule has 0 atom stereocenters. The molecule has 0 fully saturated rings. The van der Waals surface area contributed by atoms with Gasteiger partial charge < -0.3 is 9.47 Å². The Balaban J connectivity index is 1.33. The lowest BCUT2D eigenvalue weighted by Crippen LogP contribution is -2.10. The molecule has 0 aliphatic heterocycles. The van der Waals surface area contributed by atoms with Crippen molar-refractivity contribution in [2.75, 3.05) is 4.90 Å². The summed E-state index contributed by atoms with van der Waals surface area (Å²) in [6.45, 7) is 0. The number of hydrogen-bond acceptors (Lipinski definition) is 2. The second kappa shape index (κ2) is 9.59. The molecule has 0 unspecified atom stereocenters. The lowest BCUT2D eigenvalue weighted by molar-refractivity contribution is 1.19. The van der Waals surface area contributed by atoms with Gasteiger partial charge in [-0.3, -0.25) is 0 Å². The normalized spacial score (nSPS) is 11.7. The lowest BCUT2D eigenvalue weighted by atomic mass is 10.0. The highest BCUT2D eigenvalue weighted by atomic mass is 32.1. The van der Waals surface area contributed by atoms with E-state index in [4.69, 9.17) is 0 Å². The minimum Gasteiger partial charge on any atom is -0.309 e. The van der Waals surface area contributed by atoms with Gasteiger partial charge in [0.05, 0.1) is 26.1 Å². The fourth-order valence-electron chi connectivity index (χ4n) is 6.64. The van der Waals surface area contributed by atoms with Crippen molar-refractivity contribution in [1.82, 2.24) is 4.57 Å². The number of fused-ring (bicyclic) bond motifs is 8. The van der Waals surface area contributed by atoms with Crippen LogP contribution in [0.2, 0.25) is 0 Å². The Bertz CT molecular complexity index is 2450. The average molecular weight is 567 g/mol. The molecular weight excluding hydrogens is 541 g/mol. The zero-order valence-electron chi connectivity index (χ0n) is 23.3. The first-order valence-electron chi connectivity index (χ1n) is 14.6. The van der Waals surface area contributed by atoms with Crippen LogP contribution in [0.5, 0.6) is 0 Å². The molecule has 0 saturated heterocycles. The van der Waals surface area contributed by atoms with Crippen molar-refractivity contribution >= 4 is 81.1 Å². The number of nitrogens with zero attached hydrogens (tertiary/aromatic N) is 2. The average Bonchev–Trinajstić information content (AvgIpc) is 3.61. The molecule has 0 radical (unpaired) electrons. The van der Waals surface area contributed by atoms with Gasteiger partial charge in [0.15, 0.2) is 0 Å². The van der Waals surface area contributed by atoms with Gasteiger partial charge in [-0.2, -0.15) is 0 Å². The van der Waals surface area contributed by atoms with Gasteiger partial charge in [0.25, 0.3) is 0 Å². The van der Waals surface area contributed by atoms with Gasteiger partial charge in [0, 0.05) is 27.8 Å². The van der Waals surface area contributed by atoms with Crippen LogP contribution in [0.25, 0.3) is 58.4 Å². The fourth-order valence-corrected chi connectivity index (χ4v) is 7.97. The van der Waals surface area contributed by atoms with Crippen LogP contribution in [0.4, 0.5) is 17.1 Å². The molecule has 0 saturated carbocycles. The van der Waals surface area contributed by atoms with Crippen LogP contribution in [0.15, 0.2) is 158 Å². The Morgan fingerprint density at radius 2 is 1.12 bits per heavy atom. The van der Waals surface area contributed by atoms with Crippen LogP contribution in [0, 0.1) is 0 Å². The summed E-state index contributed by atoms with van der Waals surface area (Å²) in [4.78, 5) is 2.42. The molecule has 3 heteroatoms. The van der Waals surface area contributed by atoms with Crippen LogP contribution >= 0.6 is 11.3 Å². The highest BCUT2D eigenvalue weighted by Crippen LogP contribution is 2.48. The first-order valence-corrected chi connectivity index (χ1v) is 15.4. The largest absolute Gasteiger partial charge is 0.309 e. The molecule has 0 aliphatic carbocycles. The molecule has 7 aromatic carbocycles. The van der Waals surface area contributed by atoms with Gasteiger partial charge in [-0.1, -0.05) is 109 Å². The SMILES string of the molecule is c1ccc(N(c2ccc3c(ccc4ccccc43)c2)c2cccc3c2sc2c4ccccc4n(-c4ccccc4)c32)cc1. The first kappa shape index (κ1) is 24.2. The van der Waals surface area contributed by atoms with Gasteiger partial charge in [-0.15, -0.1) is 11.3 Å². The summed E-state index contributed by atoms with van der Waals surface area (Å²) >= 11 is 1.89. The predicted octanol–water partition coefficient (Wildman–Crippen LogP) is 11.8. The standard InChI is InChI=1S/C40H26N2S/c1-3-13-29(14-4-1)41(31-24-25-33-28(26-31)23-22-27-12-7-8-17-32(27)33)37-21-11-19-35-38-40(43-39(35)37)34-18-9-10-20-36(34)42(38)30-15-5-2-6-16-30/h1-26H. The molecule has 43 heavy (non-hydrogen) atoms. The van der Waals surface area contributed by atoms with E-state index in [1.807, 2.05) is 11.3 Å². The van der Waals surface area contributed by atoms with Crippen molar-refractivity contribution in [3.05, 3.63) is 158 Å². The van der Waals surface area contributed by atoms with E-state index < -0.39 is 0 Å². The Morgan fingerprint density at radius 1 is 0.442 bits per heavy atom. The molecule has 0 spiro atoms. The topological polar surface area (TPSA) is 8.17 Å². The zero-order chi connectivity index (χ0) is 28.3. The second-order valence-electron chi connectivity index (χ2n) is 11.0. The van der Waals surface area contributed by atoms with Crippen LogP contribution in [0.3, 0.4) is 0 Å². The summed E-state index contributed by atoms with van der Waals surface area (Å²) in [5.41, 5.74) is 7.17. The third-order valence-corrected chi connectivity index (χ3v) is 9.79. The molecule has 2 aromatic heterocycles. The van der Waals surface area contributed by atoms with Crippen LogP contribution in [-0.4, -0.2) is 4.57 Å². The van der Waals surface area contributed by atoms with Crippen LogP contribution < -0.4 is 4.90 Å². The minimum atomic E-state index is 1.14. The van der Waals surface area contributed by atoms with Crippen molar-refractivity contribution in [3.8, 4) is 5.69 Å². The maximum absolute atomic E-state index is 2.43.